The van der Waals surface area contributed by atoms with Crippen LogP contribution >= 0.6 is 0 Å². The van der Waals surface area contributed by atoms with Crippen molar-refractivity contribution in [1.82, 2.24) is 5.32 Å². The van der Waals surface area contributed by atoms with E-state index >= 15 is 0 Å². The van der Waals surface area contributed by atoms with Crippen LogP contribution < -0.4 is 19.1 Å². The Labute approximate surface area is 172 Å². The summed E-state index contributed by atoms with van der Waals surface area (Å²) < 4.78 is 38.3. The van der Waals surface area contributed by atoms with Gasteiger partial charge in [0.1, 0.15) is 18.0 Å². The summed E-state index contributed by atoms with van der Waals surface area (Å²) in [5.41, 5.74) is 0.295. The lowest BCUT2D eigenvalue weighted by Crippen LogP contribution is -2.43. The van der Waals surface area contributed by atoms with Crippen molar-refractivity contribution in [1.29, 1.82) is 0 Å². The topological polar surface area (TPSA) is 84.9 Å². The fraction of sp³-hybridized carbons (Fsp3) is 0.381. The SMILES string of the molecule is CCC[C@@H](C)NC(=O)CN(c1ccccc1OC)S(=O)(=O)c1ccc(OC)cc1. The molecule has 0 bridgehead atoms. The predicted molar refractivity (Wildman–Crippen MR) is 113 cm³/mol. The average molecular weight is 421 g/mol. The first kappa shape index (κ1) is 22.5. The molecule has 0 radical (unpaired) electrons. The van der Waals surface area contributed by atoms with E-state index in [9.17, 15) is 13.2 Å². The van der Waals surface area contributed by atoms with Crippen molar-refractivity contribution >= 4 is 21.6 Å². The van der Waals surface area contributed by atoms with Gasteiger partial charge < -0.3 is 14.8 Å². The van der Waals surface area contributed by atoms with Crippen molar-refractivity contribution in [2.45, 2.75) is 37.6 Å². The first-order chi connectivity index (χ1) is 13.8. The molecule has 1 amide bonds. The van der Waals surface area contributed by atoms with Gasteiger partial charge in [0, 0.05) is 6.04 Å². The highest BCUT2D eigenvalue weighted by Crippen LogP contribution is 2.32. The molecule has 0 aliphatic rings. The molecule has 0 spiro atoms. The number of methoxy groups -OCH3 is 2. The maximum atomic E-state index is 13.4. The average Bonchev–Trinajstić information content (AvgIpc) is 2.72. The fourth-order valence-electron chi connectivity index (χ4n) is 2.97. The Hall–Kier alpha value is -2.74. The molecular formula is C21H28N2O5S. The number of carbonyl (C=O) groups is 1. The maximum absolute atomic E-state index is 13.4. The molecule has 0 heterocycles. The zero-order chi connectivity index (χ0) is 21.4. The number of nitrogens with one attached hydrogen (secondary N) is 1. The Morgan fingerprint density at radius 2 is 1.72 bits per heavy atom. The summed E-state index contributed by atoms with van der Waals surface area (Å²) in [6.45, 7) is 3.56. The van der Waals surface area contributed by atoms with Crippen LogP contribution in [-0.2, 0) is 14.8 Å². The van der Waals surface area contributed by atoms with Crippen LogP contribution in [0.1, 0.15) is 26.7 Å². The molecule has 0 aromatic heterocycles. The van der Waals surface area contributed by atoms with Gasteiger partial charge in [0.15, 0.2) is 0 Å². The lowest BCUT2D eigenvalue weighted by atomic mass is 10.2. The molecule has 2 aromatic rings. The van der Waals surface area contributed by atoms with Gasteiger partial charge in [-0.1, -0.05) is 25.5 Å². The van der Waals surface area contributed by atoms with Crippen molar-refractivity contribution < 1.29 is 22.7 Å². The van der Waals surface area contributed by atoms with E-state index < -0.39 is 10.0 Å². The van der Waals surface area contributed by atoms with E-state index in [0.29, 0.717) is 17.2 Å². The number of rotatable bonds is 10. The van der Waals surface area contributed by atoms with Crippen LogP contribution in [0.4, 0.5) is 5.69 Å². The molecule has 0 aliphatic carbocycles. The van der Waals surface area contributed by atoms with E-state index in [1.807, 2.05) is 13.8 Å². The third-order valence-corrected chi connectivity index (χ3v) is 6.19. The van der Waals surface area contributed by atoms with Crippen molar-refractivity contribution in [3.05, 3.63) is 48.5 Å². The number of benzene rings is 2. The molecule has 8 heteroatoms. The molecule has 158 valence electrons. The summed E-state index contributed by atoms with van der Waals surface area (Å²) in [7, 11) is -1.05. The summed E-state index contributed by atoms with van der Waals surface area (Å²) in [5.74, 6) is 0.520. The number of carbonyl (C=O) groups excluding carboxylic acids is 1. The van der Waals surface area contributed by atoms with E-state index in [1.165, 1.54) is 26.4 Å². The van der Waals surface area contributed by atoms with Crippen LogP contribution in [0.3, 0.4) is 0 Å². The van der Waals surface area contributed by atoms with Crippen LogP contribution in [0.15, 0.2) is 53.4 Å². The molecule has 0 saturated heterocycles. The fourth-order valence-corrected chi connectivity index (χ4v) is 4.40. The molecule has 1 N–H and O–H groups in total. The summed E-state index contributed by atoms with van der Waals surface area (Å²) in [6.07, 6.45) is 1.73. The normalized spacial score (nSPS) is 12.1. The predicted octanol–water partition coefficient (Wildman–Crippen LogP) is 3.20. The molecule has 0 aliphatic heterocycles. The number of amides is 1. The van der Waals surface area contributed by atoms with E-state index in [1.54, 1.807) is 36.4 Å². The summed E-state index contributed by atoms with van der Waals surface area (Å²) >= 11 is 0. The molecule has 2 aromatic carbocycles. The number of sulfonamides is 1. The molecule has 2 rings (SSSR count). The minimum atomic E-state index is -4.02. The number of anilines is 1. The Kier molecular flexibility index (Phi) is 7.90. The third-order valence-electron chi connectivity index (χ3n) is 4.42. The highest BCUT2D eigenvalue weighted by molar-refractivity contribution is 7.92. The minimum Gasteiger partial charge on any atom is -0.497 e. The lowest BCUT2D eigenvalue weighted by molar-refractivity contribution is -0.120. The van der Waals surface area contributed by atoms with Crippen molar-refractivity contribution in [3.63, 3.8) is 0 Å². The van der Waals surface area contributed by atoms with Crippen LogP contribution in [-0.4, -0.2) is 41.1 Å². The van der Waals surface area contributed by atoms with Gasteiger partial charge in [-0.3, -0.25) is 9.10 Å². The quantitative estimate of drug-likeness (QED) is 0.638. The number of ether oxygens (including phenoxy) is 2. The van der Waals surface area contributed by atoms with Gasteiger partial charge in [-0.25, -0.2) is 8.42 Å². The molecule has 0 fully saturated rings. The summed E-state index contributed by atoms with van der Waals surface area (Å²) in [5, 5.41) is 2.85. The van der Waals surface area contributed by atoms with Crippen LogP contribution in [0.2, 0.25) is 0 Å². The Balaban J connectivity index is 2.44. The van der Waals surface area contributed by atoms with Gasteiger partial charge in [0.05, 0.1) is 24.8 Å². The standard InChI is InChI=1S/C21H28N2O5S/c1-5-8-16(2)22-21(24)15-23(19-9-6-7-10-20(19)28-4)29(25,26)18-13-11-17(27-3)12-14-18/h6-7,9-14,16H,5,8,15H2,1-4H3,(H,22,24)/t16-/m1/s1. The largest absolute Gasteiger partial charge is 0.497 e. The Bertz CT molecular complexity index is 913. The molecule has 1 atom stereocenters. The molecule has 0 unspecified atom stereocenters. The first-order valence-electron chi connectivity index (χ1n) is 9.42. The van der Waals surface area contributed by atoms with Gasteiger partial charge in [-0.05, 0) is 49.7 Å². The van der Waals surface area contributed by atoms with E-state index in [4.69, 9.17) is 9.47 Å². The zero-order valence-electron chi connectivity index (χ0n) is 17.2. The van der Waals surface area contributed by atoms with Gasteiger partial charge in [0.25, 0.3) is 10.0 Å². The van der Waals surface area contributed by atoms with Gasteiger partial charge in [-0.2, -0.15) is 0 Å². The molecule has 7 nitrogen and oxygen atoms in total. The second kappa shape index (κ2) is 10.2. The second-order valence-corrected chi connectivity index (χ2v) is 8.48. The van der Waals surface area contributed by atoms with E-state index in [-0.39, 0.29) is 23.4 Å². The molecule has 29 heavy (non-hydrogen) atoms. The Morgan fingerprint density at radius 3 is 2.31 bits per heavy atom. The zero-order valence-corrected chi connectivity index (χ0v) is 18.0. The minimum absolute atomic E-state index is 0.0456. The molecule has 0 saturated carbocycles. The lowest BCUT2D eigenvalue weighted by Gasteiger charge is -2.26. The smallest absolute Gasteiger partial charge is 0.264 e. The summed E-state index contributed by atoms with van der Waals surface area (Å²) in [6, 6.07) is 12.7. The highest BCUT2D eigenvalue weighted by atomic mass is 32.2. The van der Waals surface area contributed by atoms with Crippen molar-refractivity contribution in [2.24, 2.45) is 0 Å². The van der Waals surface area contributed by atoms with Crippen molar-refractivity contribution in [2.75, 3.05) is 25.1 Å². The highest BCUT2D eigenvalue weighted by Gasteiger charge is 2.29. The number of nitrogens with zero attached hydrogens (tertiary/aromatic N) is 1. The third kappa shape index (κ3) is 5.63. The first-order valence-corrected chi connectivity index (χ1v) is 10.9. The van der Waals surface area contributed by atoms with Crippen molar-refractivity contribution in [3.8, 4) is 11.5 Å². The molecular weight excluding hydrogens is 392 g/mol. The number of hydrogen-bond donors (Lipinski definition) is 1. The van der Waals surface area contributed by atoms with Crippen LogP contribution in [0.5, 0.6) is 11.5 Å². The summed E-state index contributed by atoms with van der Waals surface area (Å²) in [4.78, 5) is 12.7. The van der Waals surface area contributed by atoms with Crippen LogP contribution in [0, 0.1) is 0 Å². The maximum Gasteiger partial charge on any atom is 0.264 e. The monoisotopic (exact) mass is 420 g/mol. The van der Waals surface area contributed by atoms with E-state index in [2.05, 4.69) is 5.32 Å². The van der Waals surface area contributed by atoms with Crippen LogP contribution in [0.25, 0.3) is 0 Å². The van der Waals surface area contributed by atoms with Gasteiger partial charge in [0.2, 0.25) is 5.91 Å². The van der Waals surface area contributed by atoms with Gasteiger partial charge in [-0.15, -0.1) is 0 Å². The Morgan fingerprint density at radius 1 is 1.07 bits per heavy atom. The second-order valence-electron chi connectivity index (χ2n) is 6.62. The number of hydrogen-bond acceptors (Lipinski definition) is 5. The van der Waals surface area contributed by atoms with E-state index in [0.717, 1.165) is 17.1 Å². The van der Waals surface area contributed by atoms with Gasteiger partial charge >= 0.3 is 0 Å². The number of para-hydroxylation sites is 2.